The number of aromatic nitrogens is 4. The first-order valence-corrected chi connectivity index (χ1v) is 11.7. The lowest BCUT2D eigenvalue weighted by atomic mass is 9.92. The van der Waals surface area contributed by atoms with Crippen molar-refractivity contribution < 1.29 is 43.6 Å². The number of rotatable bonds is 11. The summed E-state index contributed by atoms with van der Waals surface area (Å²) in [5.41, 5.74) is -2.34. The highest BCUT2D eigenvalue weighted by Crippen LogP contribution is 2.43. The first-order chi connectivity index (χ1) is 17.7. The molecular formula is C21H22N6O9S. The summed E-state index contributed by atoms with van der Waals surface area (Å²) in [6, 6.07) is 6.38. The zero-order valence-corrected chi connectivity index (χ0v) is 20.4. The maximum Gasteiger partial charge on any atom is 0.352 e. The van der Waals surface area contributed by atoms with Gasteiger partial charge in [0.05, 0.1) is 25.2 Å². The number of nitrogens with one attached hydrogen (secondary N) is 2. The summed E-state index contributed by atoms with van der Waals surface area (Å²) in [6.45, 7) is 1.68. The number of aromatic amines is 1. The number of hydrogen-bond donors (Lipinski definition) is 4. The molecule has 2 aliphatic rings. The van der Waals surface area contributed by atoms with Gasteiger partial charge >= 0.3 is 11.9 Å². The van der Waals surface area contributed by atoms with Gasteiger partial charge in [0.2, 0.25) is 5.16 Å². The van der Waals surface area contributed by atoms with Gasteiger partial charge in [-0.25, -0.2) is 4.79 Å². The molecule has 0 aliphatic carbocycles. The first kappa shape index (κ1) is 26.1. The van der Waals surface area contributed by atoms with E-state index in [2.05, 4.69) is 25.9 Å². The number of carbonyl (C=O) groups is 4. The molecule has 1 unspecified atom stereocenters. The Bertz CT molecular complexity index is 1250. The number of fused-ring (bicyclic) bond motifs is 1. The average Bonchev–Trinajstić information content (AvgIpc) is 3.39. The number of amides is 2. The van der Waals surface area contributed by atoms with Crippen LogP contribution in [0.1, 0.15) is 23.7 Å². The van der Waals surface area contributed by atoms with E-state index in [1.807, 2.05) is 0 Å². The molecule has 3 atom stereocenters. The van der Waals surface area contributed by atoms with Crippen molar-refractivity contribution in [2.75, 3.05) is 20.3 Å². The zero-order valence-electron chi connectivity index (χ0n) is 19.5. The van der Waals surface area contributed by atoms with Crippen LogP contribution in [0.2, 0.25) is 0 Å². The second kappa shape index (κ2) is 10.5. The molecule has 2 aromatic rings. The summed E-state index contributed by atoms with van der Waals surface area (Å²) in [7, 11) is 1.17. The van der Waals surface area contributed by atoms with Crippen LogP contribution in [0, 0.1) is 0 Å². The minimum Gasteiger partial charge on any atom is -0.493 e. The largest absolute Gasteiger partial charge is 0.493 e. The molecule has 15 nitrogen and oxygen atoms in total. The average molecular weight is 535 g/mol. The molecule has 1 saturated heterocycles. The Morgan fingerprint density at radius 1 is 1.35 bits per heavy atom. The van der Waals surface area contributed by atoms with Crippen LogP contribution < -0.4 is 10.1 Å². The third-order valence-electron chi connectivity index (χ3n) is 5.64. The molecule has 1 aromatic carbocycles. The number of carboxylic acids is 2. The van der Waals surface area contributed by atoms with Crippen LogP contribution in [0.25, 0.3) is 0 Å². The van der Waals surface area contributed by atoms with E-state index in [1.54, 1.807) is 25.1 Å². The SMILES string of the molecule is CCOc1ccccc1C(=O)N[C@]1(OC)C(=O)N2C(C(=O)O)=C(C(CC(=O)O)Sc3nn[nH]n3)CO[C@@H]21. The topological polar surface area (TPSA) is 206 Å². The highest BCUT2D eigenvalue weighted by Gasteiger charge is 2.68. The number of nitrogens with zero attached hydrogens (tertiary/aromatic N) is 4. The molecule has 0 radical (unpaired) electrons. The molecular weight excluding hydrogens is 512 g/mol. The monoisotopic (exact) mass is 534 g/mol. The fourth-order valence-electron chi connectivity index (χ4n) is 4.05. The molecule has 37 heavy (non-hydrogen) atoms. The van der Waals surface area contributed by atoms with Gasteiger partial charge < -0.3 is 29.7 Å². The van der Waals surface area contributed by atoms with Gasteiger partial charge in [0, 0.05) is 17.9 Å². The second-order valence-electron chi connectivity index (χ2n) is 7.74. The van der Waals surface area contributed by atoms with Crippen LogP contribution in [-0.2, 0) is 23.9 Å². The van der Waals surface area contributed by atoms with Crippen molar-refractivity contribution in [2.45, 2.75) is 35.7 Å². The van der Waals surface area contributed by atoms with Crippen molar-refractivity contribution in [3.05, 3.63) is 41.1 Å². The van der Waals surface area contributed by atoms with Gasteiger partial charge in [-0.3, -0.25) is 19.3 Å². The van der Waals surface area contributed by atoms with Gasteiger partial charge in [-0.05, 0) is 24.3 Å². The van der Waals surface area contributed by atoms with E-state index in [0.717, 1.165) is 16.7 Å². The number of carbonyl (C=O) groups excluding carboxylic acids is 2. The molecule has 0 saturated carbocycles. The van der Waals surface area contributed by atoms with Gasteiger partial charge in [0.1, 0.15) is 11.4 Å². The molecule has 196 valence electrons. The van der Waals surface area contributed by atoms with Crippen LogP contribution in [0.3, 0.4) is 0 Å². The molecule has 0 spiro atoms. The molecule has 16 heteroatoms. The zero-order chi connectivity index (χ0) is 26.7. The van der Waals surface area contributed by atoms with E-state index < -0.39 is 53.1 Å². The molecule has 2 amide bonds. The quantitative estimate of drug-likeness (QED) is 0.168. The van der Waals surface area contributed by atoms with E-state index >= 15 is 0 Å². The molecule has 0 bridgehead atoms. The van der Waals surface area contributed by atoms with Gasteiger partial charge in [-0.1, -0.05) is 23.9 Å². The third-order valence-corrected chi connectivity index (χ3v) is 6.76. The predicted molar refractivity (Wildman–Crippen MR) is 122 cm³/mol. The third kappa shape index (κ3) is 4.73. The fourth-order valence-corrected chi connectivity index (χ4v) is 5.03. The Morgan fingerprint density at radius 3 is 2.73 bits per heavy atom. The number of β-lactam (4-membered cyclic amide) rings is 1. The fraction of sp³-hybridized carbons (Fsp3) is 0.381. The van der Waals surface area contributed by atoms with E-state index in [9.17, 15) is 29.4 Å². The van der Waals surface area contributed by atoms with E-state index in [-0.39, 0.29) is 28.6 Å². The number of benzene rings is 1. The van der Waals surface area contributed by atoms with Crippen LogP contribution in [0.15, 0.2) is 40.7 Å². The summed E-state index contributed by atoms with van der Waals surface area (Å²) in [5, 5.41) is 34.1. The molecule has 2 aliphatic heterocycles. The summed E-state index contributed by atoms with van der Waals surface area (Å²) in [6.07, 6.45) is -1.84. The van der Waals surface area contributed by atoms with E-state index in [1.165, 1.54) is 13.2 Å². The van der Waals surface area contributed by atoms with Crippen molar-refractivity contribution in [2.24, 2.45) is 0 Å². The Balaban J connectivity index is 1.66. The highest BCUT2D eigenvalue weighted by atomic mass is 32.2. The Hall–Kier alpha value is -4.02. The summed E-state index contributed by atoms with van der Waals surface area (Å²) < 4.78 is 16.6. The number of thioether (sulfide) groups is 1. The number of H-pyrrole nitrogens is 1. The van der Waals surface area contributed by atoms with Crippen molar-refractivity contribution in [3.8, 4) is 5.75 Å². The van der Waals surface area contributed by atoms with Crippen molar-refractivity contribution in [1.82, 2.24) is 30.8 Å². The molecule has 1 fully saturated rings. The van der Waals surface area contributed by atoms with Crippen molar-refractivity contribution in [1.29, 1.82) is 0 Å². The number of para-hydroxylation sites is 1. The van der Waals surface area contributed by atoms with Gasteiger partial charge in [0.25, 0.3) is 17.5 Å². The van der Waals surface area contributed by atoms with Crippen LogP contribution in [0.5, 0.6) is 5.75 Å². The standard InChI is InChI=1S/C21H22N6O9S/c1-3-35-12-7-5-4-6-10(12)16(30)22-21(34-2)18(33)27-15(17(31)32)11(9-36-19(21)27)13(8-14(28)29)37-20-23-25-26-24-20/h4-7,13,19H,3,8-9H2,1-2H3,(H,22,30)(H,28,29)(H,31,32)(H,23,24,25,26)/t13?,19-,21+/m1/s1. The lowest BCUT2D eigenvalue weighted by Gasteiger charge is -2.55. The van der Waals surface area contributed by atoms with Gasteiger partial charge in [-0.2, -0.15) is 5.21 Å². The Morgan fingerprint density at radius 2 is 2.11 bits per heavy atom. The smallest absolute Gasteiger partial charge is 0.352 e. The summed E-state index contributed by atoms with van der Waals surface area (Å²) in [4.78, 5) is 51.1. The number of hydrogen-bond acceptors (Lipinski definition) is 11. The van der Waals surface area contributed by atoms with Crippen LogP contribution >= 0.6 is 11.8 Å². The number of tetrazole rings is 1. The van der Waals surface area contributed by atoms with E-state index in [4.69, 9.17) is 14.2 Å². The van der Waals surface area contributed by atoms with E-state index in [0.29, 0.717) is 6.61 Å². The summed E-state index contributed by atoms with van der Waals surface area (Å²) in [5.74, 6) is -4.04. The number of ether oxygens (including phenoxy) is 3. The van der Waals surface area contributed by atoms with Gasteiger partial charge in [0.15, 0.2) is 6.23 Å². The van der Waals surface area contributed by atoms with Crippen LogP contribution in [0.4, 0.5) is 0 Å². The molecule has 4 N–H and O–H groups in total. The minimum atomic E-state index is -2.02. The molecule has 1 aromatic heterocycles. The lowest BCUT2D eigenvalue weighted by Crippen LogP contribution is -2.82. The molecule has 3 heterocycles. The highest BCUT2D eigenvalue weighted by molar-refractivity contribution is 8.00. The maximum atomic E-state index is 13.4. The predicted octanol–water partition coefficient (Wildman–Crippen LogP) is -0.156. The van der Waals surface area contributed by atoms with Gasteiger partial charge in [-0.15, -0.1) is 10.2 Å². The lowest BCUT2D eigenvalue weighted by molar-refractivity contribution is -0.255. The molecule has 4 rings (SSSR count). The second-order valence-corrected chi connectivity index (χ2v) is 8.91. The van der Waals surface area contributed by atoms with Crippen LogP contribution in [-0.4, -0.2) is 97.0 Å². The number of carboxylic acid groups (broad SMARTS) is 2. The van der Waals surface area contributed by atoms with Crippen molar-refractivity contribution >= 4 is 35.5 Å². The maximum absolute atomic E-state index is 13.4. The number of methoxy groups -OCH3 is 1. The summed E-state index contributed by atoms with van der Waals surface area (Å²) >= 11 is 0.849. The number of aliphatic carboxylic acids is 2. The van der Waals surface area contributed by atoms with Crippen molar-refractivity contribution in [3.63, 3.8) is 0 Å². The normalized spacial score (nSPS) is 21.6. The Kier molecular flexibility index (Phi) is 7.42. The Labute approximate surface area is 213 Å². The minimum absolute atomic E-state index is 0.0204. The first-order valence-electron chi connectivity index (χ1n) is 10.9.